The van der Waals surface area contributed by atoms with E-state index in [1.807, 2.05) is 13.0 Å². The number of hydrogen-bond acceptors (Lipinski definition) is 5. The summed E-state index contributed by atoms with van der Waals surface area (Å²) in [5.74, 6) is -2.01. The molecule has 0 fully saturated rings. The first kappa shape index (κ1) is 20.1. The number of para-hydroxylation sites is 2. The van der Waals surface area contributed by atoms with Crippen LogP contribution in [0.2, 0.25) is 0 Å². The van der Waals surface area contributed by atoms with Crippen LogP contribution < -0.4 is 15.5 Å². The Labute approximate surface area is 167 Å². The van der Waals surface area contributed by atoms with Gasteiger partial charge in [0.1, 0.15) is 13.1 Å². The molecule has 0 spiro atoms. The number of carbonyl (C=O) groups excluding carboxylic acids is 4. The van der Waals surface area contributed by atoms with Gasteiger partial charge >= 0.3 is 5.97 Å². The summed E-state index contributed by atoms with van der Waals surface area (Å²) in [5, 5.41) is 5.16. The Bertz CT molecular complexity index is 972. The van der Waals surface area contributed by atoms with Crippen molar-refractivity contribution >= 4 is 35.1 Å². The van der Waals surface area contributed by atoms with Crippen molar-refractivity contribution < 1.29 is 23.9 Å². The molecule has 150 valence electrons. The van der Waals surface area contributed by atoms with Gasteiger partial charge in [-0.25, -0.2) is 0 Å². The van der Waals surface area contributed by atoms with Gasteiger partial charge in [-0.1, -0.05) is 29.8 Å². The molecule has 2 aromatic rings. The monoisotopic (exact) mass is 395 g/mol. The van der Waals surface area contributed by atoms with Gasteiger partial charge < -0.3 is 15.4 Å². The Kier molecular flexibility index (Phi) is 5.92. The van der Waals surface area contributed by atoms with Crippen LogP contribution in [-0.4, -0.2) is 42.9 Å². The lowest BCUT2D eigenvalue weighted by molar-refractivity contribution is -0.152. The number of amides is 3. The normalized spacial score (nSPS) is 13.7. The number of ether oxygens (including phenoxy) is 1. The summed E-state index contributed by atoms with van der Waals surface area (Å²) < 4.78 is 5.15. The number of benzene rings is 2. The largest absolute Gasteiger partial charge is 0.451 e. The SMILES string of the molecule is Cc1cccc(C(=O)NCC(=O)OC(C)C(=O)N2CC(=O)Nc3ccccc32)c1. The Hall–Kier alpha value is -3.68. The molecule has 3 rings (SSSR count). The number of anilines is 2. The van der Waals surface area contributed by atoms with Crippen LogP contribution in [0.25, 0.3) is 0 Å². The van der Waals surface area contributed by atoms with E-state index in [4.69, 9.17) is 4.74 Å². The smallest absolute Gasteiger partial charge is 0.326 e. The molecule has 1 atom stereocenters. The summed E-state index contributed by atoms with van der Waals surface area (Å²) in [7, 11) is 0. The van der Waals surface area contributed by atoms with E-state index in [0.29, 0.717) is 16.9 Å². The van der Waals surface area contributed by atoms with Crippen molar-refractivity contribution in [2.24, 2.45) is 0 Å². The van der Waals surface area contributed by atoms with Crippen molar-refractivity contribution in [3.63, 3.8) is 0 Å². The first-order chi connectivity index (χ1) is 13.8. The minimum atomic E-state index is -1.11. The van der Waals surface area contributed by atoms with Crippen LogP contribution in [0.3, 0.4) is 0 Å². The van der Waals surface area contributed by atoms with Crippen molar-refractivity contribution in [3.05, 3.63) is 59.7 Å². The molecular weight excluding hydrogens is 374 g/mol. The van der Waals surface area contributed by atoms with Gasteiger partial charge in [0.25, 0.3) is 11.8 Å². The van der Waals surface area contributed by atoms with Crippen molar-refractivity contribution in [3.8, 4) is 0 Å². The Morgan fingerprint density at radius 2 is 1.93 bits per heavy atom. The zero-order valence-electron chi connectivity index (χ0n) is 16.1. The third kappa shape index (κ3) is 4.78. The topological polar surface area (TPSA) is 105 Å². The Balaban J connectivity index is 1.58. The van der Waals surface area contributed by atoms with Crippen LogP contribution in [0.5, 0.6) is 0 Å². The van der Waals surface area contributed by atoms with Gasteiger partial charge in [-0.2, -0.15) is 0 Å². The second-order valence-corrected chi connectivity index (χ2v) is 6.67. The quantitative estimate of drug-likeness (QED) is 0.749. The summed E-state index contributed by atoms with van der Waals surface area (Å²) in [6.07, 6.45) is -1.11. The van der Waals surface area contributed by atoms with Gasteiger partial charge in [-0.15, -0.1) is 0 Å². The lowest BCUT2D eigenvalue weighted by atomic mass is 10.1. The van der Waals surface area contributed by atoms with Crippen LogP contribution in [0.4, 0.5) is 11.4 Å². The summed E-state index contributed by atoms with van der Waals surface area (Å²) in [6, 6.07) is 13.8. The number of esters is 1. The number of aryl methyl sites for hydroxylation is 1. The first-order valence-electron chi connectivity index (χ1n) is 9.10. The predicted molar refractivity (Wildman–Crippen MR) is 106 cm³/mol. The standard InChI is InChI=1S/C21H21N3O5/c1-13-6-5-7-15(10-13)20(27)22-11-19(26)29-14(2)21(28)24-12-18(25)23-16-8-3-4-9-17(16)24/h3-10,14H,11-12H2,1-2H3,(H,22,27)(H,23,25). The summed E-state index contributed by atoms with van der Waals surface area (Å²) >= 11 is 0. The molecular formula is C21H21N3O5. The molecule has 3 amide bonds. The highest BCUT2D eigenvalue weighted by atomic mass is 16.5. The first-order valence-corrected chi connectivity index (χ1v) is 9.10. The Morgan fingerprint density at radius 3 is 2.69 bits per heavy atom. The summed E-state index contributed by atoms with van der Waals surface area (Å²) in [5.41, 5.74) is 2.40. The third-order valence-electron chi connectivity index (χ3n) is 4.37. The van der Waals surface area contributed by atoms with Crippen LogP contribution in [0.1, 0.15) is 22.8 Å². The molecule has 1 heterocycles. The zero-order chi connectivity index (χ0) is 21.0. The van der Waals surface area contributed by atoms with E-state index in [2.05, 4.69) is 10.6 Å². The number of fused-ring (bicyclic) bond motifs is 1. The highest BCUT2D eigenvalue weighted by Crippen LogP contribution is 2.29. The lowest BCUT2D eigenvalue weighted by Crippen LogP contribution is -2.47. The molecule has 0 saturated heterocycles. The van der Waals surface area contributed by atoms with E-state index in [1.165, 1.54) is 11.8 Å². The van der Waals surface area contributed by atoms with Gasteiger partial charge in [0.2, 0.25) is 5.91 Å². The summed E-state index contributed by atoms with van der Waals surface area (Å²) in [6.45, 7) is 2.75. The van der Waals surface area contributed by atoms with E-state index in [1.54, 1.807) is 42.5 Å². The molecule has 1 unspecified atom stereocenters. The molecule has 0 bridgehead atoms. The van der Waals surface area contributed by atoms with E-state index in [-0.39, 0.29) is 19.0 Å². The lowest BCUT2D eigenvalue weighted by Gasteiger charge is -2.30. The van der Waals surface area contributed by atoms with E-state index < -0.39 is 23.9 Å². The van der Waals surface area contributed by atoms with E-state index >= 15 is 0 Å². The average molecular weight is 395 g/mol. The second kappa shape index (κ2) is 8.55. The van der Waals surface area contributed by atoms with Gasteiger partial charge in [-0.05, 0) is 38.1 Å². The molecule has 0 radical (unpaired) electrons. The van der Waals surface area contributed by atoms with Crippen molar-refractivity contribution in [2.75, 3.05) is 23.3 Å². The van der Waals surface area contributed by atoms with Crippen LogP contribution in [0, 0.1) is 6.92 Å². The van der Waals surface area contributed by atoms with Crippen molar-refractivity contribution in [1.82, 2.24) is 5.32 Å². The molecule has 8 heteroatoms. The maximum Gasteiger partial charge on any atom is 0.326 e. The highest BCUT2D eigenvalue weighted by molar-refractivity contribution is 6.11. The molecule has 8 nitrogen and oxygen atoms in total. The number of rotatable bonds is 5. The molecule has 2 N–H and O–H groups in total. The predicted octanol–water partition coefficient (Wildman–Crippen LogP) is 1.64. The van der Waals surface area contributed by atoms with Crippen LogP contribution in [-0.2, 0) is 19.1 Å². The van der Waals surface area contributed by atoms with E-state index in [9.17, 15) is 19.2 Å². The number of hydrogen-bond donors (Lipinski definition) is 2. The summed E-state index contributed by atoms with van der Waals surface area (Å²) in [4.78, 5) is 50.0. The number of carbonyl (C=O) groups is 4. The zero-order valence-corrected chi connectivity index (χ0v) is 16.1. The number of nitrogens with zero attached hydrogens (tertiary/aromatic N) is 1. The fraction of sp³-hybridized carbons (Fsp3) is 0.238. The van der Waals surface area contributed by atoms with Gasteiger partial charge in [0.05, 0.1) is 11.4 Å². The van der Waals surface area contributed by atoms with Gasteiger partial charge in [-0.3, -0.25) is 24.1 Å². The van der Waals surface area contributed by atoms with Crippen molar-refractivity contribution in [2.45, 2.75) is 20.0 Å². The minimum Gasteiger partial charge on any atom is -0.451 e. The molecule has 1 aliphatic heterocycles. The fourth-order valence-corrected chi connectivity index (χ4v) is 2.98. The number of nitrogens with one attached hydrogen (secondary N) is 2. The highest BCUT2D eigenvalue weighted by Gasteiger charge is 2.31. The average Bonchev–Trinajstić information content (AvgIpc) is 2.70. The van der Waals surface area contributed by atoms with Crippen LogP contribution >= 0.6 is 0 Å². The molecule has 2 aromatic carbocycles. The Morgan fingerprint density at radius 1 is 1.17 bits per heavy atom. The maximum atomic E-state index is 12.7. The van der Waals surface area contributed by atoms with Gasteiger partial charge in [0, 0.05) is 5.56 Å². The molecule has 1 aliphatic rings. The van der Waals surface area contributed by atoms with E-state index in [0.717, 1.165) is 5.56 Å². The second-order valence-electron chi connectivity index (χ2n) is 6.67. The van der Waals surface area contributed by atoms with Gasteiger partial charge in [0.15, 0.2) is 6.10 Å². The molecule has 0 saturated carbocycles. The maximum absolute atomic E-state index is 12.7. The fourth-order valence-electron chi connectivity index (χ4n) is 2.98. The molecule has 0 aliphatic carbocycles. The molecule has 0 aromatic heterocycles. The molecule has 29 heavy (non-hydrogen) atoms. The third-order valence-corrected chi connectivity index (χ3v) is 4.37. The van der Waals surface area contributed by atoms with Crippen molar-refractivity contribution in [1.29, 1.82) is 0 Å². The van der Waals surface area contributed by atoms with Crippen LogP contribution in [0.15, 0.2) is 48.5 Å². The minimum absolute atomic E-state index is 0.165.